The third kappa shape index (κ3) is 3.16. The molecule has 90 valence electrons. The lowest BCUT2D eigenvalue weighted by Crippen LogP contribution is -2.44. The molecule has 0 amide bonds. The summed E-state index contributed by atoms with van der Waals surface area (Å²) in [4.78, 5) is 2.45. The van der Waals surface area contributed by atoms with Gasteiger partial charge in [0.05, 0.1) is 13.2 Å². The van der Waals surface area contributed by atoms with Crippen molar-refractivity contribution in [2.45, 2.75) is 39.7 Å². The van der Waals surface area contributed by atoms with Crippen molar-refractivity contribution in [3.63, 3.8) is 0 Å². The minimum absolute atomic E-state index is 0.000556. The van der Waals surface area contributed by atoms with Gasteiger partial charge in [-0.05, 0) is 26.3 Å². The second kappa shape index (κ2) is 5.83. The Morgan fingerprint density at radius 3 is 2.60 bits per heavy atom. The number of ether oxygens (including phenoxy) is 1. The van der Waals surface area contributed by atoms with E-state index in [0.717, 1.165) is 39.1 Å². The minimum atomic E-state index is -0.000556. The summed E-state index contributed by atoms with van der Waals surface area (Å²) in [6.07, 6.45) is 2.16. The van der Waals surface area contributed by atoms with Crippen LogP contribution in [0, 0.1) is 5.41 Å². The summed E-state index contributed by atoms with van der Waals surface area (Å²) >= 11 is 0. The van der Waals surface area contributed by atoms with Gasteiger partial charge < -0.3 is 14.7 Å². The van der Waals surface area contributed by atoms with Crippen molar-refractivity contribution in [3.05, 3.63) is 0 Å². The summed E-state index contributed by atoms with van der Waals surface area (Å²) < 4.78 is 5.42. The van der Waals surface area contributed by atoms with Crippen molar-refractivity contribution in [1.29, 1.82) is 0 Å². The number of hydrogen-bond donors (Lipinski definition) is 1. The maximum absolute atomic E-state index is 9.51. The molecule has 1 aliphatic rings. The van der Waals surface area contributed by atoms with Gasteiger partial charge in [-0.15, -0.1) is 0 Å². The molecule has 1 N–H and O–H groups in total. The zero-order valence-corrected chi connectivity index (χ0v) is 10.3. The Balaban J connectivity index is 2.55. The maximum atomic E-state index is 9.51. The van der Waals surface area contributed by atoms with Crippen LogP contribution < -0.4 is 0 Å². The van der Waals surface area contributed by atoms with E-state index in [4.69, 9.17) is 4.74 Å². The summed E-state index contributed by atoms with van der Waals surface area (Å²) in [5.41, 5.74) is -0.000556. The SMILES string of the molecule is CCC(C)N(CC)CC1(CO)CCOC1. The summed E-state index contributed by atoms with van der Waals surface area (Å²) in [5.74, 6) is 0. The van der Waals surface area contributed by atoms with E-state index in [9.17, 15) is 5.11 Å². The molecule has 3 heteroatoms. The van der Waals surface area contributed by atoms with E-state index >= 15 is 0 Å². The predicted octanol–water partition coefficient (Wildman–Crippen LogP) is 1.51. The van der Waals surface area contributed by atoms with E-state index in [1.54, 1.807) is 0 Å². The molecule has 1 aliphatic heterocycles. The highest BCUT2D eigenvalue weighted by Crippen LogP contribution is 2.29. The zero-order chi connectivity index (χ0) is 11.3. The van der Waals surface area contributed by atoms with Gasteiger partial charge in [0.15, 0.2) is 0 Å². The first-order valence-corrected chi connectivity index (χ1v) is 6.10. The highest BCUT2D eigenvalue weighted by Gasteiger charge is 2.36. The predicted molar refractivity (Wildman–Crippen MR) is 62.0 cm³/mol. The summed E-state index contributed by atoms with van der Waals surface area (Å²) in [7, 11) is 0. The number of aliphatic hydroxyl groups excluding tert-OH is 1. The molecule has 15 heavy (non-hydrogen) atoms. The van der Waals surface area contributed by atoms with Crippen molar-refractivity contribution < 1.29 is 9.84 Å². The molecule has 2 unspecified atom stereocenters. The molecule has 0 aliphatic carbocycles. The Labute approximate surface area is 93.4 Å². The molecule has 0 aromatic rings. The van der Waals surface area contributed by atoms with Crippen molar-refractivity contribution >= 4 is 0 Å². The monoisotopic (exact) mass is 215 g/mol. The Hall–Kier alpha value is -0.120. The smallest absolute Gasteiger partial charge is 0.0557 e. The van der Waals surface area contributed by atoms with Crippen LogP contribution in [-0.2, 0) is 4.74 Å². The molecule has 1 saturated heterocycles. The van der Waals surface area contributed by atoms with E-state index < -0.39 is 0 Å². The van der Waals surface area contributed by atoms with Crippen LogP contribution in [0.15, 0.2) is 0 Å². The van der Waals surface area contributed by atoms with Gasteiger partial charge in [-0.25, -0.2) is 0 Å². The number of hydrogen-bond acceptors (Lipinski definition) is 3. The standard InChI is InChI=1S/C12H25NO2/c1-4-11(3)13(5-2)8-12(9-14)6-7-15-10-12/h11,14H,4-10H2,1-3H3. The first-order chi connectivity index (χ1) is 7.17. The first kappa shape index (κ1) is 12.9. The normalized spacial score (nSPS) is 28.6. The second-order valence-electron chi connectivity index (χ2n) is 4.78. The van der Waals surface area contributed by atoms with Crippen LogP contribution in [0.25, 0.3) is 0 Å². The van der Waals surface area contributed by atoms with Crippen LogP contribution in [0.4, 0.5) is 0 Å². The van der Waals surface area contributed by atoms with Crippen LogP contribution in [0.1, 0.15) is 33.6 Å². The van der Waals surface area contributed by atoms with Gasteiger partial charge in [-0.2, -0.15) is 0 Å². The molecule has 0 aromatic carbocycles. The van der Waals surface area contributed by atoms with E-state index in [2.05, 4.69) is 25.7 Å². The molecule has 1 fully saturated rings. The molecule has 0 spiro atoms. The Bertz CT molecular complexity index is 178. The fraction of sp³-hybridized carbons (Fsp3) is 1.00. The molecule has 0 bridgehead atoms. The van der Waals surface area contributed by atoms with Crippen molar-refractivity contribution in [2.75, 3.05) is 32.9 Å². The fourth-order valence-corrected chi connectivity index (χ4v) is 2.22. The van der Waals surface area contributed by atoms with Gasteiger partial charge in [-0.1, -0.05) is 13.8 Å². The largest absolute Gasteiger partial charge is 0.396 e. The van der Waals surface area contributed by atoms with Gasteiger partial charge >= 0.3 is 0 Å². The van der Waals surface area contributed by atoms with Crippen molar-refractivity contribution in [2.24, 2.45) is 5.41 Å². The highest BCUT2D eigenvalue weighted by atomic mass is 16.5. The third-order valence-electron chi connectivity index (χ3n) is 3.68. The molecular weight excluding hydrogens is 190 g/mol. The van der Waals surface area contributed by atoms with Crippen LogP contribution >= 0.6 is 0 Å². The first-order valence-electron chi connectivity index (χ1n) is 6.10. The van der Waals surface area contributed by atoms with Gasteiger partial charge in [-0.3, -0.25) is 0 Å². The molecular formula is C12H25NO2. The Morgan fingerprint density at radius 1 is 1.47 bits per heavy atom. The minimum Gasteiger partial charge on any atom is -0.396 e. The van der Waals surface area contributed by atoms with Gasteiger partial charge in [0.25, 0.3) is 0 Å². The van der Waals surface area contributed by atoms with E-state index in [1.165, 1.54) is 0 Å². The van der Waals surface area contributed by atoms with E-state index in [0.29, 0.717) is 6.04 Å². The zero-order valence-electron chi connectivity index (χ0n) is 10.3. The van der Waals surface area contributed by atoms with Gasteiger partial charge in [0.1, 0.15) is 0 Å². The number of nitrogens with zero attached hydrogens (tertiary/aromatic N) is 1. The van der Waals surface area contributed by atoms with Crippen molar-refractivity contribution in [1.82, 2.24) is 4.90 Å². The topological polar surface area (TPSA) is 32.7 Å². The summed E-state index contributed by atoms with van der Waals surface area (Å²) in [5, 5.41) is 9.51. The molecule has 3 nitrogen and oxygen atoms in total. The summed E-state index contributed by atoms with van der Waals surface area (Å²) in [6.45, 7) is 10.4. The highest BCUT2D eigenvalue weighted by molar-refractivity contribution is 4.86. The summed E-state index contributed by atoms with van der Waals surface area (Å²) in [6, 6.07) is 0.596. The molecule has 0 radical (unpaired) electrons. The van der Waals surface area contributed by atoms with E-state index in [-0.39, 0.29) is 12.0 Å². The second-order valence-corrected chi connectivity index (χ2v) is 4.78. The maximum Gasteiger partial charge on any atom is 0.0557 e. The number of rotatable bonds is 6. The Kier molecular flexibility index (Phi) is 5.03. The Morgan fingerprint density at radius 2 is 2.20 bits per heavy atom. The lowest BCUT2D eigenvalue weighted by Gasteiger charge is -2.35. The lowest BCUT2D eigenvalue weighted by molar-refractivity contribution is 0.0453. The molecule has 1 rings (SSSR count). The van der Waals surface area contributed by atoms with E-state index in [1.807, 2.05) is 0 Å². The van der Waals surface area contributed by atoms with Crippen LogP contribution in [0.5, 0.6) is 0 Å². The quantitative estimate of drug-likeness (QED) is 0.729. The van der Waals surface area contributed by atoms with Crippen LogP contribution in [0.2, 0.25) is 0 Å². The average molecular weight is 215 g/mol. The lowest BCUT2D eigenvalue weighted by atomic mass is 9.87. The molecule has 0 saturated carbocycles. The third-order valence-corrected chi connectivity index (χ3v) is 3.68. The van der Waals surface area contributed by atoms with Crippen molar-refractivity contribution in [3.8, 4) is 0 Å². The molecule has 0 aromatic heterocycles. The van der Waals surface area contributed by atoms with Gasteiger partial charge in [0.2, 0.25) is 0 Å². The molecule has 1 heterocycles. The van der Waals surface area contributed by atoms with Crippen LogP contribution in [0.3, 0.4) is 0 Å². The number of aliphatic hydroxyl groups is 1. The van der Waals surface area contributed by atoms with Crippen LogP contribution in [-0.4, -0.2) is 49.0 Å². The fourth-order valence-electron chi connectivity index (χ4n) is 2.22. The molecule has 2 atom stereocenters. The van der Waals surface area contributed by atoms with Gasteiger partial charge in [0, 0.05) is 24.6 Å². The average Bonchev–Trinajstić information content (AvgIpc) is 2.74.